The van der Waals surface area contributed by atoms with Crippen molar-refractivity contribution in [2.24, 2.45) is 0 Å². The van der Waals surface area contributed by atoms with Crippen molar-refractivity contribution in [3.63, 3.8) is 0 Å². The molecule has 0 radical (unpaired) electrons. The number of hydrogen-bond acceptors (Lipinski definition) is 3. The zero-order chi connectivity index (χ0) is 40.3. The monoisotopic (exact) mass is 776 g/mol. The number of para-hydroxylation sites is 2. The second kappa shape index (κ2) is 14.3. The van der Waals surface area contributed by atoms with Crippen LogP contribution in [0.3, 0.4) is 0 Å². The third kappa shape index (κ3) is 6.12. The fourth-order valence-corrected chi connectivity index (χ4v) is 8.98. The minimum atomic E-state index is 0.619. The standard InChI is InChI=1S/C57H36N4/c1-2-14-39-34-47(31-26-37(39)12-1)57-59-55(58-56(60-57)46-18-10-19-48(36-46)61-53-24-7-5-21-51(53)52-22-6-8-25-54(52)61)45-17-9-16-40(35-45)41-27-28-43-33-44(30-29-42(43)32-41)50-23-11-15-38-13-3-4-20-49(38)50/h1-36H. The zero-order valence-corrected chi connectivity index (χ0v) is 33.1. The Morgan fingerprint density at radius 3 is 1.44 bits per heavy atom. The first kappa shape index (κ1) is 34.8. The molecule has 0 unspecified atom stereocenters. The molecule has 0 fully saturated rings. The smallest absolute Gasteiger partial charge is 0.164 e. The Balaban J connectivity index is 0.965. The van der Waals surface area contributed by atoms with Gasteiger partial charge < -0.3 is 4.57 Å². The molecule has 0 amide bonds. The first-order valence-electron chi connectivity index (χ1n) is 20.7. The van der Waals surface area contributed by atoms with Crippen LogP contribution in [-0.2, 0) is 0 Å². The summed E-state index contributed by atoms with van der Waals surface area (Å²) in [7, 11) is 0. The van der Waals surface area contributed by atoms with Crippen molar-refractivity contribution in [2.75, 3.05) is 0 Å². The fraction of sp³-hybridized carbons (Fsp3) is 0. The van der Waals surface area contributed by atoms with Gasteiger partial charge in [-0.15, -0.1) is 0 Å². The van der Waals surface area contributed by atoms with Crippen LogP contribution in [0.1, 0.15) is 0 Å². The molecule has 12 rings (SSSR count). The highest BCUT2D eigenvalue weighted by molar-refractivity contribution is 6.09. The minimum Gasteiger partial charge on any atom is -0.309 e. The second-order valence-corrected chi connectivity index (χ2v) is 15.7. The lowest BCUT2D eigenvalue weighted by Gasteiger charge is -2.12. The van der Waals surface area contributed by atoms with E-state index in [0.717, 1.165) is 49.9 Å². The molecule has 4 nitrogen and oxygen atoms in total. The summed E-state index contributed by atoms with van der Waals surface area (Å²) in [6, 6.07) is 77.7. The quantitative estimate of drug-likeness (QED) is 0.169. The van der Waals surface area contributed by atoms with E-state index in [1.807, 2.05) is 0 Å². The zero-order valence-electron chi connectivity index (χ0n) is 33.1. The molecule has 0 N–H and O–H groups in total. The maximum absolute atomic E-state index is 5.22. The molecule has 0 atom stereocenters. The third-order valence-corrected chi connectivity index (χ3v) is 12.0. The summed E-state index contributed by atoms with van der Waals surface area (Å²) >= 11 is 0. The van der Waals surface area contributed by atoms with Crippen LogP contribution in [0.4, 0.5) is 0 Å². The van der Waals surface area contributed by atoms with Crippen molar-refractivity contribution >= 4 is 54.1 Å². The van der Waals surface area contributed by atoms with Gasteiger partial charge in [-0.25, -0.2) is 15.0 Å². The molecule has 10 aromatic carbocycles. The molecule has 0 aliphatic carbocycles. The third-order valence-electron chi connectivity index (χ3n) is 12.0. The van der Waals surface area contributed by atoms with E-state index in [1.165, 1.54) is 48.8 Å². The Bertz CT molecular complexity index is 3620. The SMILES string of the molecule is c1cc(-c2ccc3cc(-c4cccc5ccccc45)ccc3c2)cc(-c2nc(-c3cccc(-n4c5ccccc5c5ccccc54)c3)nc(-c3ccc4ccccc4c3)n2)c1. The van der Waals surface area contributed by atoms with Crippen LogP contribution in [0.25, 0.3) is 116 Å². The average Bonchev–Trinajstić information content (AvgIpc) is 3.68. The second-order valence-electron chi connectivity index (χ2n) is 15.7. The van der Waals surface area contributed by atoms with Crippen LogP contribution in [0.5, 0.6) is 0 Å². The van der Waals surface area contributed by atoms with Gasteiger partial charge >= 0.3 is 0 Å². The van der Waals surface area contributed by atoms with Crippen LogP contribution >= 0.6 is 0 Å². The van der Waals surface area contributed by atoms with Crippen molar-refractivity contribution in [1.29, 1.82) is 0 Å². The largest absolute Gasteiger partial charge is 0.309 e. The Kier molecular flexibility index (Phi) is 8.13. The van der Waals surface area contributed by atoms with E-state index in [0.29, 0.717) is 17.5 Å². The van der Waals surface area contributed by atoms with E-state index >= 15 is 0 Å². The van der Waals surface area contributed by atoms with Crippen molar-refractivity contribution in [2.45, 2.75) is 0 Å². The Morgan fingerprint density at radius 1 is 0.262 bits per heavy atom. The highest BCUT2D eigenvalue weighted by atomic mass is 15.0. The van der Waals surface area contributed by atoms with E-state index in [-0.39, 0.29) is 0 Å². The van der Waals surface area contributed by atoms with Crippen LogP contribution in [0, 0.1) is 0 Å². The maximum Gasteiger partial charge on any atom is 0.164 e. The molecule has 0 saturated carbocycles. The summed E-state index contributed by atoms with van der Waals surface area (Å²) in [5.41, 5.74) is 10.8. The first-order chi connectivity index (χ1) is 30.2. The molecule has 61 heavy (non-hydrogen) atoms. The minimum absolute atomic E-state index is 0.619. The molecule has 0 aliphatic heterocycles. The molecule has 0 spiro atoms. The van der Waals surface area contributed by atoms with Gasteiger partial charge in [0.2, 0.25) is 0 Å². The van der Waals surface area contributed by atoms with Crippen LogP contribution in [0.2, 0.25) is 0 Å². The molecule has 2 heterocycles. The van der Waals surface area contributed by atoms with Gasteiger partial charge in [0.05, 0.1) is 11.0 Å². The van der Waals surface area contributed by atoms with Crippen molar-refractivity contribution in [1.82, 2.24) is 19.5 Å². The Morgan fingerprint density at radius 2 is 0.705 bits per heavy atom. The van der Waals surface area contributed by atoms with E-state index in [2.05, 4.69) is 223 Å². The average molecular weight is 777 g/mol. The molecule has 2 aromatic heterocycles. The summed E-state index contributed by atoms with van der Waals surface area (Å²) in [4.78, 5) is 15.6. The van der Waals surface area contributed by atoms with Crippen molar-refractivity contribution in [3.8, 4) is 62.1 Å². The van der Waals surface area contributed by atoms with Crippen LogP contribution in [-0.4, -0.2) is 19.5 Å². The lowest BCUT2D eigenvalue weighted by atomic mass is 9.94. The summed E-state index contributed by atoms with van der Waals surface area (Å²) in [6.07, 6.45) is 0. The number of hydrogen-bond donors (Lipinski definition) is 0. The normalized spacial score (nSPS) is 11.6. The number of aromatic nitrogens is 4. The molecule has 0 bridgehead atoms. The summed E-state index contributed by atoms with van der Waals surface area (Å²) in [5, 5.41) is 9.67. The summed E-state index contributed by atoms with van der Waals surface area (Å²) < 4.78 is 2.33. The van der Waals surface area contributed by atoms with E-state index in [4.69, 9.17) is 15.0 Å². The van der Waals surface area contributed by atoms with Gasteiger partial charge in [0.25, 0.3) is 0 Å². The predicted octanol–water partition coefficient (Wildman–Crippen LogP) is 14.8. The van der Waals surface area contributed by atoms with Gasteiger partial charge in [0, 0.05) is 33.2 Å². The molecule has 4 heteroatoms. The van der Waals surface area contributed by atoms with Gasteiger partial charge in [-0.1, -0.05) is 170 Å². The molecular formula is C57H36N4. The first-order valence-corrected chi connectivity index (χ1v) is 20.7. The lowest BCUT2D eigenvalue weighted by Crippen LogP contribution is -2.01. The number of benzene rings is 10. The van der Waals surface area contributed by atoms with Crippen LogP contribution in [0.15, 0.2) is 218 Å². The van der Waals surface area contributed by atoms with E-state index < -0.39 is 0 Å². The Hall–Kier alpha value is -8.21. The van der Waals surface area contributed by atoms with Gasteiger partial charge in [0.1, 0.15) is 0 Å². The topological polar surface area (TPSA) is 43.6 Å². The van der Waals surface area contributed by atoms with Gasteiger partial charge in [0.15, 0.2) is 17.5 Å². The highest BCUT2D eigenvalue weighted by Crippen LogP contribution is 2.36. The van der Waals surface area contributed by atoms with Crippen molar-refractivity contribution in [3.05, 3.63) is 218 Å². The molecule has 0 saturated heterocycles. The molecule has 0 aliphatic rings. The van der Waals surface area contributed by atoms with Crippen LogP contribution < -0.4 is 0 Å². The fourth-order valence-electron chi connectivity index (χ4n) is 8.98. The highest BCUT2D eigenvalue weighted by Gasteiger charge is 2.17. The van der Waals surface area contributed by atoms with E-state index in [9.17, 15) is 0 Å². The molecule has 284 valence electrons. The van der Waals surface area contributed by atoms with Gasteiger partial charge in [-0.3, -0.25) is 0 Å². The van der Waals surface area contributed by atoms with Gasteiger partial charge in [-0.2, -0.15) is 0 Å². The maximum atomic E-state index is 5.22. The predicted molar refractivity (Wildman–Crippen MR) is 254 cm³/mol. The Labute approximate surface area is 352 Å². The van der Waals surface area contributed by atoms with E-state index in [1.54, 1.807) is 0 Å². The number of fused-ring (bicyclic) bond motifs is 6. The number of rotatable bonds is 6. The number of nitrogens with zero attached hydrogens (tertiary/aromatic N) is 4. The lowest BCUT2D eigenvalue weighted by molar-refractivity contribution is 1.07. The summed E-state index contributed by atoms with van der Waals surface area (Å²) in [5.74, 6) is 1.87. The molecule has 12 aromatic rings. The molecular weight excluding hydrogens is 741 g/mol. The summed E-state index contributed by atoms with van der Waals surface area (Å²) in [6.45, 7) is 0. The van der Waals surface area contributed by atoms with Gasteiger partial charge in [-0.05, 0) is 103 Å². The van der Waals surface area contributed by atoms with Crippen molar-refractivity contribution < 1.29 is 0 Å².